The van der Waals surface area contributed by atoms with Crippen molar-refractivity contribution >= 4 is 17.8 Å². The highest BCUT2D eigenvalue weighted by atomic mass is 16.6. The summed E-state index contributed by atoms with van der Waals surface area (Å²) in [5.41, 5.74) is 0.883. The summed E-state index contributed by atoms with van der Waals surface area (Å²) in [5, 5.41) is 0. The van der Waals surface area contributed by atoms with Gasteiger partial charge in [0.2, 0.25) is 0 Å². The van der Waals surface area contributed by atoms with Gasteiger partial charge in [-0.05, 0) is 18.6 Å². The SMILES string of the molecule is CCCC(=O)OCCOCCOCCOCCOCCN1C(=O)c2ccccc2C1=O. The van der Waals surface area contributed by atoms with Gasteiger partial charge >= 0.3 is 5.97 Å². The zero-order valence-electron chi connectivity index (χ0n) is 18.0. The van der Waals surface area contributed by atoms with Gasteiger partial charge in [0.05, 0.1) is 70.5 Å². The van der Waals surface area contributed by atoms with E-state index in [9.17, 15) is 14.4 Å². The molecule has 172 valence electrons. The van der Waals surface area contributed by atoms with Crippen LogP contribution in [-0.2, 0) is 28.5 Å². The van der Waals surface area contributed by atoms with E-state index in [4.69, 9.17) is 23.7 Å². The first-order chi connectivity index (χ1) is 15.1. The lowest BCUT2D eigenvalue weighted by Gasteiger charge is -2.13. The van der Waals surface area contributed by atoms with Crippen molar-refractivity contribution in [3.63, 3.8) is 0 Å². The van der Waals surface area contributed by atoms with Gasteiger partial charge in [-0.3, -0.25) is 19.3 Å². The molecule has 2 amide bonds. The van der Waals surface area contributed by atoms with E-state index < -0.39 is 0 Å². The number of ether oxygens (including phenoxy) is 5. The molecule has 0 aliphatic carbocycles. The van der Waals surface area contributed by atoms with Gasteiger partial charge < -0.3 is 23.7 Å². The van der Waals surface area contributed by atoms with Crippen LogP contribution < -0.4 is 0 Å². The summed E-state index contributed by atoms with van der Waals surface area (Å²) in [7, 11) is 0. The molecule has 0 fully saturated rings. The Morgan fingerprint density at radius 2 is 1.19 bits per heavy atom. The molecule has 0 N–H and O–H groups in total. The summed E-state index contributed by atoms with van der Waals surface area (Å²) in [6.07, 6.45) is 1.21. The molecule has 0 atom stereocenters. The molecule has 1 aromatic carbocycles. The monoisotopic (exact) mass is 437 g/mol. The summed E-state index contributed by atoms with van der Waals surface area (Å²) in [6.45, 7) is 5.49. The number of rotatable bonds is 17. The van der Waals surface area contributed by atoms with E-state index in [-0.39, 0.29) is 37.5 Å². The van der Waals surface area contributed by atoms with E-state index in [1.54, 1.807) is 24.3 Å². The number of fused-ring (bicyclic) bond motifs is 1. The maximum atomic E-state index is 12.2. The first kappa shape index (κ1) is 24.9. The molecule has 0 unspecified atom stereocenters. The average molecular weight is 437 g/mol. The Kier molecular flexibility index (Phi) is 11.8. The minimum atomic E-state index is -0.279. The zero-order valence-corrected chi connectivity index (χ0v) is 18.0. The summed E-state index contributed by atoms with van der Waals surface area (Å²) in [4.78, 5) is 36.8. The van der Waals surface area contributed by atoms with Gasteiger partial charge in [0, 0.05) is 6.42 Å². The van der Waals surface area contributed by atoms with E-state index in [0.717, 1.165) is 6.42 Å². The lowest BCUT2D eigenvalue weighted by atomic mass is 10.1. The molecule has 9 nitrogen and oxygen atoms in total. The number of amides is 2. The van der Waals surface area contributed by atoms with Crippen molar-refractivity contribution < 1.29 is 38.1 Å². The smallest absolute Gasteiger partial charge is 0.305 e. The van der Waals surface area contributed by atoms with Crippen LogP contribution in [0.5, 0.6) is 0 Å². The van der Waals surface area contributed by atoms with Crippen molar-refractivity contribution in [2.75, 3.05) is 66.0 Å². The summed E-state index contributed by atoms with van der Waals surface area (Å²) in [5.74, 6) is -0.759. The number of nitrogens with zero attached hydrogens (tertiary/aromatic N) is 1. The van der Waals surface area contributed by atoms with Gasteiger partial charge in [-0.1, -0.05) is 19.1 Å². The number of benzene rings is 1. The van der Waals surface area contributed by atoms with Gasteiger partial charge in [0.1, 0.15) is 6.61 Å². The van der Waals surface area contributed by atoms with Gasteiger partial charge in [0.25, 0.3) is 11.8 Å². The molecule has 31 heavy (non-hydrogen) atoms. The van der Waals surface area contributed by atoms with Gasteiger partial charge in [-0.25, -0.2) is 0 Å². The maximum absolute atomic E-state index is 12.2. The second kappa shape index (κ2) is 14.6. The van der Waals surface area contributed by atoms with Crippen molar-refractivity contribution in [3.8, 4) is 0 Å². The van der Waals surface area contributed by atoms with Crippen LogP contribution in [0.1, 0.15) is 40.5 Å². The number of carbonyl (C=O) groups is 3. The fraction of sp³-hybridized carbons (Fsp3) is 0.591. The molecule has 9 heteroatoms. The average Bonchev–Trinajstić information content (AvgIpc) is 3.01. The van der Waals surface area contributed by atoms with Crippen LogP contribution in [0.15, 0.2) is 24.3 Å². The van der Waals surface area contributed by atoms with E-state index in [2.05, 4.69) is 0 Å². The molecule has 0 saturated carbocycles. The molecule has 1 aliphatic rings. The molecule has 0 saturated heterocycles. The van der Waals surface area contributed by atoms with Crippen LogP contribution in [0.25, 0.3) is 0 Å². The lowest BCUT2D eigenvalue weighted by Crippen LogP contribution is -2.33. The first-order valence-corrected chi connectivity index (χ1v) is 10.6. The summed E-state index contributed by atoms with van der Waals surface area (Å²) >= 11 is 0. The first-order valence-electron chi connectivity index (χ1n) is 10.6. The largest absolute Gasteiger partial charge is 0.463 e. The molecular weight excluding hydrogens is 406 g/mol. The Hall–Kier alpha value is -2.33. The number of carbonyl (C=O) groups excluding carboxylic acids is 3. The Bertz CT molecular complexity index is 674. The lowest BCUT2D eigenvalue weighted by molar-refractivity contribution is -0.145. The van der Waals surface area contributed by atoms with Crippen LogP contribution in [0.3, 0.4) is 0 Å². The molecule has 1 heterocycles. The molecular formula is C22H31NO8. The summed E-state index contributed by atoms with van der Waals surface area (Å²) in [6, 6.07) is 6.80. The summed E-state index contributed by atoms with van der Waals surface area (Å²) < 4.78 is 26.5. The predicted octanol–water partition coefficient (Wildman–Crippen LogP) is 1.69. The van der Waals surface area contributed by atoms with Gasteiger partial charge in [-0.2, -0.15) is 0 Å². The molecule has 0 aromatic heterocycles. The van der Waals surface area contributed by atoms with Crippen molar-refractivity contribution in [1.29, 1.82) is 0 Å². The Balaban J connectivity index is 1.36. The molecule has 1 aromatic rings. The minimum Gasteiger partial charge on any atom is -0.463 e. The maximum Gasteiger partial charge on any atom is 0.305 e. The van der Waals surface area contributed by atoms with Crippen molar-refractivity contribution in [2.24, 2.45) is 0 Å². The Labute approximate surface area is 182 Å². The van der Waals surface area contributed by atoms with Crippen LogP contribution in [0, 0.1) is 0 Å². The highest BCUT2D eigenvalue weighted by molar-refractivity contribution is 6.21. The zero-order chi connectivity index (χ0) is 22.3. The number of esters is 1. The van der Waals surface area contributed by atoms with Crippen molar-refractivity contribution in [1.82, 2.24) is 4.90 Å². The van der Waals surface area contributed by atoms with E-state index in [1.807, 2.05) is 6.92 Å². The second-order valence-electron chi connectivity index (χ2n) is 6.73. The van der Waals surface area contributed by atoms with Crippen molar-refractivity contribution in [2.45, 2.75) is 19.8 Å². The molecule has 0 radical (unpaired) electrons. The highest BCUT2D eigenvalue weighted by Crippen LogP contribution is 2.21. The van der Waals surface area contributed by atoms with E-state index in [1.165, 1.54) is 4.90 Å². The standard InChI is InChI=1S/C22H31NO8/c1-2-5-20(24)31-17-16-30-15-14-29-13-12-28-11-10-27-9-8-23-21(25)18-6-3-4-7-19(18)22(23)26/h3-4,6-7H,2,5,8-17H2,1H3. The second-order valence-corrected chi connectivity index (χ2v) is 6.73. The third kappa shape index (κ3) is 8.74. The number of imide groups is 1. The van der Waals surface area contributed by atoms with Crippen LogP contribution >= 0.6 is 0 Å². The minimum absolute atomic E-state index is 0.202. The predicted molar refractivity (Wildman–Crippen MR) is 111 cm³/mol. The van der Waals surface area contributed by atoms with Crippen molar-refractivity contribution in [3.05, 3.63) is 35.4 Å². The third-order valence-electron chi connectivity index (χ3n) is 4.40. The fourth-order valence-corrected chi connectivity index (χ4v) is 2.85. The normalized spacial score (nSPS) is 13.0. The Morgan fingerprint density at radius 1 is 0.742 bits per heavy atom. The van der Waals surface area contributed by atoms with Crippen LogP contribution in [-0.4, -0.2) is 88.7 Å². The van der Waals surface area contributed by atoms with Gasteiger partial charge in [0.15, 0.2) is 0 Å². The van der Waals surface area contributed by atoms with Gasteiger partial charge in [-0.15, -0.1) is 0 Å². The Morgan fingerprint density at radius 3 is 1.68 bits per heavy atom. The van der Waals surface area contributed by atoms with E-state index in [0.29, 0.717) is 63.8 Å². The quantitative estimate of drug-likeness (QED) is 0.206. The third-order valence-corrected chi connectivity index (χ3v) is 4.40. The van der Waals surface area contributed by atoms with Crippen LogP contribution in [0.2, 0.25) is 0 Å². The molecule has 0 spiro atoms. The molecule has 0 bridgehead atoms. The highest BCUT2D eigenvalue weighted by Gasteiger charge is 2.34. The number of hydrogen-bond acceptors (Lipinski definition) is 8. The number of hydrogen-bond donors (Lipinski definition) is 0. The molecule has 2 rings (SSSR count). The fourth-order valence-electron chi connectivity index (χ4n) is 2.85. The van der Waals surface area contributed by atoms with E-state index >= 15 is 0 Å². The molecule has 1 aliphatic heterocycles. The van der Waals surface area contributed by atoms with Crippen LogP contribution in [0.4, 0.5) is 0 Å². The topological polar surface area (TPSA) is 101 Å².